The van der Waals surface area contributed by atoms with Crippen molar-refractivity contribution in [2.45, 2.75) is 27.7 Å². The van der Waals surface area contributed by atoms with Gasteiger partial charge in [-0.15, -0.1) is 0 Å². The molecular weight excluding hydrogens is 377 g/mol. The lowest BCUT2D eigenvalue weighted by Gasteiger charge is -2.18. The normalized spacial score (nSPS) is 10.7. The molecule has 0 spiro atoms. The van der Waals surface area contributed by atoms with E-state index >= 15 is 0 Å². The van der Waals surface area contributed by atoms with E-state index in [0.29, 0.717) is 29.2 Å². The van der Waals surface area contributed by atoms with Crippen LogP contribution in [0.4, 0.5) is 4.79 Å². The van der Waals surface area contributed by atoms with Gasteiger partial charge in [0, 0.05) is 30.7 Å². The SMILES string of the molecule is CCN(CC)C(=O)Oc1c(C(=O)c2cc(C)c(Cl)c(C)c2Cl)cnn1C. The van der Waals surface area contributed by atoms with Crippen molar-refractivity contribution >= 4 is 35.1 Å². The van der Waals surface area contributed by atoms with Gasteiger partial charge in [-0.2, -0.15) is 5.10 Å². The molecule has 1 heterocycles. The molecule has 8 heteroatoms. The van der Waals surface area contributed by atoms with Gasteiger partial charge in [0.15, 0.2) is 0 Å². The number of halogens is 2. The molecule has 1 amide bonds. The molecule has 0 radical (unpaired) electrons. The molecule has 0 saturated carbocycles. The fourth-order valence-electron chi connectivity index (χ4n) is 2.58. The van der Waals surface area contributed by atoms with E-state index in [1.54, 1.807) is 27.0 Å². The van der Waals surface area contributed by atoms with Crippen LogP contribution in [-0.4, -0.2) is 39.6 Å². The van der Waals surface area contributed by atoms with Crippen molar-refractivity contribution in [2.24, 2.45) is 7.05 Å². The first-order valence-corrected chi connectivity index (χ1v) is 8.97. The maximum absolute atomic E-state index is 13.0. The standard InChI is InChI=1S/C18H21Cl2N3O3/c1-6-23(7-2)18(25)26-17-13(9-21-22(17)5)16(24)12-8-10(3)14(19)11(4)15(12)20/h8-9H,6-7H2,1-5H3. The predicted molar refractivity (Wildman–Crippen MR) is 102 cm³/mol. The Balaban J connectivity index is 2.45. The Morgan fingerprint density at radius 1 is 1.15 bits per heavy atom. The van der Waals surface area contributed by atoms with E-state index in [0.717, 1.165) is 5.56 Å². The Morgan fingerprint density at radius 2 is 1.77 bits per heavy atom. The number of ether oxygens (including phenoxy) is 1. The number of carbonyl (C=O) groups is 2. The lowest BCUT2D eigenvalue weighted by molar-refractivity contribution is 0.103. The van der Waals surface area contributed by atoms with Crippen LogP contribution in [0.15, 0.2) is 12.3 Å². The highest BCUT2D eigenvalue weighted by molar-refractivity contribution is 6.39. The molecule has 0 fully saturated rings. The van der Waals surface area contributed by atoms with Gasteiger partial charge in [-0.25, -0.2) is 9.48 Å². The minimum Gasteiger partial charge on any atom is -0.391 e. The van der Waals surface area contributed by atoms with Crippen LogP contribution in [-0.2, 0) is 7.05 Å². The van der Waals surface area contributed by atoms with Gasteiger partial charge < -0.3 is 9.64 Å². The van der Waals surface area contributed by atoms with Crippen LogP contribution in [0.2, 0.25) is 10.0 Å². The highest BCUT2D eigenvalue weighted by Gasteiger charge is 2.26. The number of benzene rings is 1. The lowest BCUT2D eigenvalue weighted by Crippen LogP contribution is -2.33. The number of aromatic nitrogens is 2. The molecule has 0 aliphatic rings. The van der Waals surface area contributed by atoms with Crippen LogP contribution in [0.1, 0.15) is 40.9 Å². The van der Waals surface area contributed by atoms with E-state index in [4.69, 9.17) is 27.9 Å². The largest absolute Gasteiger partial charge is 0.416 e. The van der Waals surface area contributed by atoms with Gasteiger partial charge in [0.1, 0.15) is 5.56 Å². The summed E-state index contributed by atoms with van der Waals surface area (Å²) < 4.78 is 6.77. The summed E-state index contributed by atoms with van der Waals surface area (Å²) in [4.78, 5) is 26.8. The second-order valence-electron chi connectivity index (χ2n) is 5.85. The molecule has 6 nitrogen and oxygen atoms in total. The molecule has 140 valence electrons. The minimum atomic E-state index is -0.540. The van der Waals surface area contributed by atoms with Crippen LogP contribution in [0.5, 0.6) is 5.88 Å². The van der Waals surface area contributed by atoms with Crippen LogP contribution in [0.3, 0.4) is 0 Å². The molecule has 2 rings (SSSR count). The monoisotopic (exact) mass is 397 g/mol. The molecule has 0 saturated heterocycles. The Labute approximate surface area is 162 Å². The summed E-state index contributed by atoms with van der Waals surface area (Å²) in [5.74, 6) is -0.304. The summed E-state index contributed by atoms with van der Waals surface area (Å²) in [7, 11) is 1.60. The third-order valence-electron chi connectivity index (χ3n) is 4.18. The molecular formula is C18H21Cl2N3O3. The van der Waals surface area contributed by atoms with Gasteiger partial charge in [-0.3, -0.25) is 4.79 Å². The Bertz CT molecular complexity index is 858. The average Bonchev–Trinajstić information content (AvgIpc) is 2.97. The van der Waals surface area contributed by atoms with Crippen molar-refractivity contribution in [2.75, 3.05) is 13.1 Å². The van der Waals surface area contributed by atoms with E-state index < -0.39 is 6.09 Å². The summed E-state index contributed by atoms with van der Waals surface area (Å²) in [6.45, 7) is 8.24. The van der Waals surface area contributed by atoms with Crippen molar-refractivity contribution in [3.8, 4) is 5.88 Å². The Hall–Kier alpha value is -2.05. The highest BCUT2D eigenvalue weighted by Crippen LogP contribution is 2.33. The zero-order valence-electron chi connectivity index (χ0n) is 15.4. The molecule has 2 aromatic rings. The molecule has 0 N–H and O–H groups in total. The van der Waals surface area contributed by atoms with Gasteiger partial charge >= 0.3 is 6.09 Å². The smallest absolute Gasteiger partial charge is 0.391 e. The van der Waals surface area contributed by atoms with Gasteiger partial charge in [-0.1, -0.05) is 23.2 Å². The van der Waals surface area contributed by atoms with E-state index in [1.807, 2.05) is 13.8 Å². The molecule has 0 bridgehead atoms. The number of amides is 1. The van der Waals surface area contributed by atoms with Crippen LogP contribution >= 0.6 is 23.2 Å². The Morgan fingerprint density at radius 3 is 2.35 bits per heavy atom. The van der Waals surface area contributed by atoms with Crippen molar-refractivity contribution in [3.05, 3.63) is 44.6 Å². The number of ketones is 1. The quantitative estimate of drug-likeness (QED) is 0.700. The van der Waals surface area contributed by atoms with E-state index in [1.165, 1.54) is 15.8 Å². The maximum atomic E-state index is 13.0. The summed E-state index contributed by atoms with van der Waals surface area (Å²) in [6.07, 6.45) is 0.824. The second-order valence-corrected chi connectivity index (χ2v) is 6.61. The number of hydrogen-bond acceptors (Lipinski definition) is 4. The maximum Gasteiger partial charge on any atom is 0.416 e. The van der Waals surface area contributed by atoms with Crippen molar-refractivity contribution in [1.82, 2.24) is 14.7 Å². The van der Waals surface area contributed by atoms with Gasteiger partial charge in [-0.05, 0) is 44.9 Å². The fourth-order valence-corrected chi connectivity index (χ4v) is 3.01. The number of rotatable bonds is 5. The zero-order valence-corrected chi connectivity index (χ0v) is 16.9. The van der Waals surface area contributed by atoms with E-state index in [-0.39, 0.29) is 22.2 Å². The van der Waals surface area contributed by atoms with Crippen LogP contribution < -0.4 is 4.74 Å². The van der Waals surface area contributed by atoms with Gasteiger partial charge in [0.25, 0.3) is 0 Å². The predicted octanol–water partition coefficient (Wildman–Crippen LogP) is 4.42. The molecule has 0 aliphatic heterocycles. The summed E-state index contributed by atoms with van der Waals surface area (Å²) in [5, 5.41) is 4.84. The van der Waals surface area contributed by atoms with Gasteiger partial charge in [0.2, 0.25) is 11.7 Å². The van der Waals surface area contributed by atoms with Crippen molar-refractivity contribution in [3.63, 3.8) is 0 Å². The summed E-state index contributed by atoms with van der Waals surface area (Å²) in [6, 6.07) is 1.63. The van der Waals surface area contributed by atoms with Crippen molar-refractivity contribution < 1.29 is 14.3 Å². The molecule has 0 aliphatic carbocycles. The first kappa shape index (κ1) is 20.3. The molecule has 26 heavy (non-hydrogen) atoms. The zero-order chi connectivity index (χ0) is 19.6. The van der Waals surface area contributed by atoms with Crippen LogP contribution in [0, 0.1) is 13.8 Å². The number of aryl methyl sites for hydroxylation is 2. The minimum absolute atomic E-state index is 0.0771. The molecule has 0 unspecified atom stereocenters. The third-order valence-corrected chi connectivity index (χ3v) is 5.25. The second kappa shape index (κ2) is 8.10. The third kappa shape index (κ3) is 3.71. The average molecular weight is 398 g/mol. The van der Waals surface area contributed by atoms with Crippen molar-refractivity contribution in [1.29, 1.82) is 0 Å². The topological polar surface area (TPSA) is 64.4 Å². The van der Waals surface area contributed by atoms with Crippen LogP contribution in [0.25, 0.3) is 0 Å². The van der Waals surface area contributed by atoms with E-state index in [2.05, 4.69) is 5.10 Å². The number of nitrogens with zero attached hydrogens (tertiary/aromatic N) is 3. The van der Waals surface area contributed by atoms with E-state index in [9.17, 15) is 9.59 Å². The summed E-state index contributed by atoms with van der Waals surface area (Å²) in [5.41, 5.74) is 1.82. The first-order valence-electron chi connectivity index (χ1n) is 8.21. The molecule has 0 atom stereocenters. The Kier molecular flexibility index (Phi) is 6.31. The molecule has 1 aromatic heterocycles. The lowest BCUT2D eigenvalue weighted by atomic mass is 10.0. The van der Waals surface area contributed by atoms with Gasteiger partial charge in [0.05, 0.1) is 11.2 Å². The number of carbonyl (C=O) groups excluding carboxylic acids is 2. The molecule has 1 aromatic carbocycles. The fraction of sp³-hybridized carbons (Fsp3) is 0.389. The first-order chi connectivity index (χ1) is 12.2. The number of hydrogen-bond donors (Lipinski definition) is 0. The highest BCUT2D eigenvalue weighted by atomic mass is 35.5. The summed E-state index contributed by atoms with van der Waals surface area (Å²) >= 11 is 12.5.